The molecule has 0 aromatic carbocycles. The summed E-state index contributed by atoms with van der Waals surface area (Å²) in [6.07, 6.45) is 11.1. The third-order valence-electron chi connectivity index (χ3n) is 3.70. The van der Waals surface area contributed by atoms with Gasteiger partial charge in [-0.15, -0.1) is 0 Å². The van der Waals surface area contributed by atoms with Gasteiger partial charge in [-0.3, -0.25) is 9.59 Å². The summed E-state index contributed by atoms with van der Waals surface area (Å²) in [6, 6.07) is 0. The van der Waals surface area contributed by atoms with E-state index >= 15 is 0 Å². The minimum Gasteiger partial charge on any atom is -0.465 e. The molecule has 0 heterocycles. The Morgan fingerprint density at radius 2 is 1.25 bits per heavy atom. The van der Waals surface area contributed by atoms with E-state index in [1.54, 1.807) is 0 Å². The average Bonchev–Trinajstić information content (AvgIpc) is 3.14. The third kappa shape index (κ3) is 4.22. The van der Waals surface area contributed by atoms with Crippen molar-refractivity contribution >= 4 is 11.9 Å². The zero-order valence-corrected chi connectivity index (χ0v) is 11.9. The maximum absolute atomic E-state index is 11.7. The Bertz CT molecular complexity index is 357. The van der Waals surface area contributed by atoms with E-state index < -0.39 is 0 Å². The molecule has 110 valence electrons. The van der Waals surface area contributed by atoms with Gasteiger partial charge in [0.2, 0.25) is 0 Å². The number of rotatable bonds is 6. The second kappa shape index (κ2) is 7.27. The minimum absolute atomic E-state index is 0.0192. The lowest BCUT2D eigenvalue weighted by Crippen LogP contribution is -2.23. The predicted octanol–water partition coefficient (Wildman–Crippen LogP) is 2.64. The van der Waals surface area contributed by atoms with Gasteiger partial charge in [0, 0.05) is 5.92 Å². The molecule has 0 aliphatic heterocycles. The molecule has 0 aromatic rings. The zero-order chi connectivity index (χ0) is 14.4. The van der Waals surface area contributed by atoms with Gasteiger partial charge in [-0.25, -0.2) is 0 Å². The first-order valence-electron chi connectivity index (χ1n) is 7.30. The van der Waals surface area contributed by atoms with E-state index in [-0.39, 0.29) is 29.7 Å². The normalized spacial score (nSPS) is 18.9. The molecule has 0 unspecified atom stereocenters. The predicted molar refractivity (Wildman–Crippen MR) is 74.8 cm³/mol. The number of ether oxygens (including phenoxy) is 2. The first-order valence-corrected chi connectivity index (χ1v) is 7.30. The number of allylic oxidation sites excluding steroid dienone is 4. The largest absolute Gasteiger partial charge is 0.465 e. The van der Waals surface area contributed by atoms with E-state index in [9.17, 15) is 9.59 Å². The van der Waals surface area contributed by atoms with Gasteiger partial charge in [0.25, 0.3) is 0 Å². The smallest absolute Gasteiger partial charge is 0.309 e. The lowest BCUT2D eigenvalue weighted by atomic mass is 10.1. The molecule has 2 aliphatic rings. The topological polar surface area (TPSA) is 52.6 Å². The second-order valence-electron chi connectivity index (χ2n) is 5.64. The fraction of sp³-hybridized carbons (Fsp3) is 0.625. The van der Waals surface area contributed by atoms with Crippen LogP contribution in [0.15, 0.2) is 24.3 Å². The van der Waals surface area contributed by atoms with Crippen LogP contribution in [0.2, 0.25) is 0 Å². The summed E-state index contributed by atoms with van der Waals surface area (Å²) in [5, 5.41) is 0. The summed E-state index contributed by atoms with van der Waals surface area (Å²) < 4.78 is 10.5. The number of hydrogen-bond donors (Lipinski definition) is 0. The maximum Gasteiger partial charge on any atom is 0.309 e. The van der Waals surface area contributed by atoms with Gasteiger partial charge in [0.1, 0.15) is 0 Å². The van der Waals surface area contributed by atoms with Crippen LogP contribution in [0.5, 0.6) is 0 Å². The third-order valence-corrected chi connectivity index (χ3v) is 3.70. The van der Waals surface area contributed by atoms with Gasteiger partial charge in [-0.05, 0) is 25.7 Å². The summed E-state index contributed by atoms with van der Waals surface area (Å²) >= 11 is 0. The van der Waals surface area contributed by atoms with E-state index in [1.165, 1.54) is 0 Å². The van der Waals surface area contributed by atoms with Crippen molar-refractivity contribution in [1.82, 2.24) is 0 Å². The Balaban J connectivity index is 1.59. The van der Waals surface area contributed by atoms with Gasteiger partial charge in [0.05, 0.1) is 25.0 Å². The summed E-state index contributed by atoms with van der Waals surface area (Å²) in [6.45, 7) is 2.54. The summed E-state index contributed by atoms with van der Waals surface area (Å²) in [5.41, 5.74) is 0. The van der Waals surface area contributed by atoms with Crippen molar-refractivity contribution in [1.29, 1.82) is 0 Å². The SMILES string of the molecule is CC(COC(=O)C1CC=CC1)COC(=O)C1CC=CC1. The highest BCUT2D eigenvalue weighted by Gasteiger charge is 2.23. The van der Waals surface area contributed by atoms with Gasteiger partial charge >= 0.3 is 11.9 Å². The molecule has 2 aliphatic carbocycles. The summed E-state index contributed by atoms with van der Waals surface area (Å²) in [5.74, 6) is -0.295. The molecule has 0 saturated carbocycles. The summed E-state index contributed by atoms with van der Waals surface area (Å²) in [7, 11) is 0. The molecule has 4 heteroatoms. The number of esters is 2. The lowest BCUT2D eigenvalue weighted by molar-refractivity contribution is -0.153. The fourth-order valence-corrected chi connectivity index (χ4v) is 2.35. The Labute approximate surface area is 119 Å². The number of carbonyl (C=O) groups excluding carboxylic acids is 2. The molecule has 20 heavy (non-hydrogen) atoms. The molecular weight excluding hydrogens is 256 g/mol. The second-order valence-corrected chi connectivity index (χ2v) is 5.64. The molecule has 0 fully saturated rings. The highest BCUT2D eigenvalue weighted by molar-refractivity contribution is 5.74. The maximum atomic E-state index is 11.7. The van der Waals surface area contributed by atoms with Crippen molar-refractivity contribution in [3.8, 4) is 0 Å². The van der Waals surface area contributed by atoms with Crippen LogP contribution in [0, 0.1) is 17.8 Å². The molecule has 0 saturated heterocycles. The Morgan fingerprint density at radius 3 is 1.60 bits per heavy atom. The van der Waals surface area contributed by atoms with Crippen LogP contribution in [0.3, 0.4) is 0 Å². The van der Waals surface area contributed by atoms with Gasteiger partial charge in [-0.2, -0.15) is 0 Å². The van der Waals surface area contributed by atoms with Gasteiger partial charge in [-0.1, -0.05) is 31.2 Å². The molecule has 0 atom stereocenters. The van der Waals surface area contributed by atoms with Gasteiger partial charge < -0.3 is 9.47 Å². The zero-order valence-electron chi connectivity index (χ0n) is 11.9. The Hall–Kier alpha value is -1.58. The highest BCUT2D eigenvalue weighted by atomic mass is 16.5. The van der Waals surface area contributed by atoms with Crippen LogP contribution < -0.4 is 0 Å². The number of carbonyl (C=O) groups is 2. The molecule has 0 N–H and O–H groups in total. The minimum atomic E-state index is -0.145. The van der Waals surface area contributed by atoms with Crippen LogP contribution >= 0.6 is 0 Å². The lowest BCUT2D eigenvalue weighted by Gasteiger charge is -2.16. The molecule has 4 nitrogen and oxygen atoms in total. The van der Waals surface area contributed by atoms with E-state index in [2.05, 4.69) is 0 Å². The van der Waals surface area contributed by atoms with Crippen molar-refractivity contribution in [3.63, 3.8) is 0 Å². The Morgan fingerprint density at radius 1 is 0.900 bits per heavy atom. The average molecular weight is 278 g/mol. The van der Waals surface area contributed by atoms with Crippen LogP contribution in [-0.4, -0.2) is 25.2 Å². The van der Waals surface area contributed by atoms with Crippen molar-refractivity contribution in [3.05, 3.63) is 24.3 Å². The van der Waals surface area contributed by atoms with Crippen molar-refractivity contribution < 1.29 is 19.1 Å². The van der Waals surface area contributed by atoms with E-state index in [1.807, 2.05) is 31.2 Å². The van der Waals surface area contributed by atoms with E-state index in [4.69, 9.17) is 9.47 Å². The van der Waals surface area contributed by atoms with Crippen molar-refractivity contribution in [2.75, 3.05) is 13.2 Å². The van der Waals surface area contributed by atoms with E-state index in [0.29, 0.717) is 13.2 Å². The fourth-order valence-electron chi connectivity index (χ4n) is 2.35. The van der Waals surface area contributed by atoms with Crippen LogP contribution in [0.25, 0.3) is 0 Å². The standard InChI is InChI=1S/C16H22O4/c1-12(10-19-15(17)13-6-2-3-7-13)11-20-16(18)14-8-4-5-9-14/h2-5,12-14H,6-11H2,1H3. The molecule has 2 rings (SSSR count). The monoisotopic (exact) mass is 278 g/mol. The number of hydrogen-bond acceptors (Lipinski definition) is 4. The quantitative estimate of drug-likeness (QED) is 0.553. The van der Waals surface area contributed by atoms with Gasteiger partial charge in [0.15, 0.2) is 0 Å². The molecule has 0 bridgehead atoms. The first-order chi connectivity index (χ1) is 9.66. The van der Waals surface area contributed by atoms with Crippen LogP contribution in [0.4, 0.5) is 0 Å². The van der Waals surface area contributed by atoms with Crippen LogP contribution in [0.1, 0.15) is 32.6 Å². The molecule has 0 amide bonds. The van der Waals surface area contributed by atoms with Crippen molar-refractivity contribution in [2.45, 2.75) is 32.6 Å². The molecule has 0 aromatic heterocycles. The van der Waals surface area contributed by atoms with Crippen molar-refractivity contribution in [2.24, 2.45) is 17.8 Å². The first kappa shape index (κ1) is 14.8. The molecular formula is C16H22O4. The molecule has 0 radical (unpaired) electrons. The van der Waals surface area contributed by atoms with Crippen LogP contribution in [-0.2, 0) is 19.1 Å². The summed E-state index contributed by atoms with van der Waals surface area (Å²) in [4.78, 5) is 23.4. The molecule has 0 spiro atoms. The highest BCUT2D eigenvalue weighted by Crippen LogP contribution is 2.20. The Kier molecular flexibility index (Phi) is 5.39. The van der Waals surface area contributed by atoms with E-state index in [0.717, 1.165) is 25.7 Å².